The molecule has 2 aliphatic rings. The summed E-state index contributed by atoms with van der Waals surface area (Å²) in [6.07, 6.45) is 4.88. The van der Waals surface area contributed by atoms with Crippen molar-refractivity contribution in [3.8, 4) is 0 Å². The van der Waals surface area contributed by atoms with Crippen LogP contribution in [-0.4, -0.2) is 32.8 Å². The van der Waals surface area contributed by atoms with Crippen LogP contribution in [0.5, 0.6) is 0 Å². The number of aliphatic imine (C=N–C) groups is 1. The third kappa shape index (κ3) is 2.08. The van der Waals surface area contributed by atoms with Crippen LogP contribution in [-0.2, 0) is 9.47 Å². The van der Waals surface area contributed by atoms with E-state index in [-0.39, 0.29) is 0 Å². The maximum Gasteiger partial charge on any atom is 0.186 e. The van der Waals surface area contributed by atoms with Crippen LogP contribution >= 0.6 is 0 Å². The Labute approximate surface area is 85.5 Å². The fourth-order valence-corrected chi connectivity index (χ4v) is 2.43. The van der Waals surface area contributed by atoms with E-state index in [1.54, 1.807) is 7.11 Å². The number of hydrogen-bond acceptors (Lipinski definition) is 3. The average Bonchev–Trinajstić information content (AvgIpc) is 2.63. The highest BCUT2D eigenvalue weighted by Gasteiger charge is 2.30. The van der Waals surface area contributed by atoms with Gasteiger partial charge in [0.1, 0.15) is 0 Å². The third-order valence-corrected chi connectivity index (χ3v) is 3.25. The molecular formula is C11H19NO2. The van der Waals surface area contributed by atoms with E-state index < -0.39 is 0 Å². The van der Waals surface area contributed by atoms with E-state index in [1.807, 2.05) is 0 Å². The fourth-order valence-electron chi connectivity index (χ4n) is 2.43. The summed E-state index contributed by atoms with van der Waals surface area (Å²) in [7, 11) is 1.74. The monoisotopic (exact) mass is 197 g/mol. The molecule has 0 aliphatic carbocycles. The molecule has 2 unspecified atom stereocenters. The minimum Gasteiger partial charge on any atom is -0.484 e. The summed E-state index contributed by atoms with van der Waals surface area (Å²) >= 11 is 0. The highest BCUT2D eigenvalue weighted by atomic mass is 16.5. The smallest absolute Gasteiger partial charge is 0.186 e. The predicted molar refractivity (Wildman–Crippen MR) is 55.6 cm³/mol. The maximum absolute atomic E-state index is 5.43. The lowest BCUT2D eigenvalue weighted by Gasteiger charge is -2.21. The second-order valence-corrected chi connectivity index (χ2v) is 4.15. The molecule has 2 atom stereocenters. The molecular weight excluding hydrogens is 178 g/mol. The van der Waals surface area contributed by atoms with Crippen molar-refractivity contribution in [3.05, 3.63) is 0 Å². The molecule has 3 heteroatoms. The van der Waals surface area contributed by atoms with Gasteiger partial charge in [0, 0.05) is 19.1 Å². The van der Waals surface area contributed by atoms with E-state index in [0.717, 1.165) is 25.7 Å². The molecule has 2 heterocycles. The Morgan fingerprint density at radius 2 is 2.29 bits per heavy atom. The van der Waals surface area contributed by atoms with Gasteiger partial charge >= 0.3 is 0 Å². The lowest BCUT2D eigenvalue weighted by Crippen LogP contribution is -2.25. The van der Waals surface area contributed by atoms with Gasteiger partial charge in [-0.05, 0) is 25.2 Å². The average molecular weight is 197 g/mol. The molecule has 0 N–H and O–H groups in total. The Balaban J connectivity index is 2.04. The highest BCUT2D eigenvalue weighted by Crippen LogP contribution is 2.29. The zero-order chi connectivity index (χ0) is 9.80. The molecule has 3 nitrogen and oxygen atoms in total. The van der Waals surface area contributed by atoms with Gasteiger partial charge < -0.3 is 9.47 Å². The van der Waals surface area contributed by atoms with Crippen LogP contribution in [0.15, 0.2) is 4.99 Å². The molecule has 0 amide bonds. The first-order chi connectivity index (χ1) is 6.92. The Morgan fingerprint density at radius 1 is 1.36 bits per heavy atom. The summed E-state index contributed by atoms with van der Waals surface area (Å²) in [5, 5.41) is 0. The second-order valence-electron chi connectivity index (χ2n) is 4.15. The van der Waals surface area contributed by atoms with Crippen molar-refractivity contribution >= 4 is 5.90 Å². The molecule has 0 aromatic heterocycles. The van der Waals surface area contributed by atoms with Crippen molar-refractivity contribution in [1.29, 1.82) is 0 Å². The second kappa shape index (κ2) is 4.78. The molecule has 2 rings (SSSR count). The fraction of sp³-hybridized carbons (Fsp3) is 0.909. The number of methoxy groups -OCH3 is 1. The van der Waals surface area contributed by atoms with Crippen molar-refractivity contribution in [1.82, 2.24) is 0 Å². The first-order valence-electron chi connectivity index (χ1n) is 5.58. The van der Waals surface area contributed by atoms with Gasteiger partial charge in [-0.15, -0.1) is 0 Å². The Bertz CT molecular complexity index is 209. The Kier molecular flexibility index (Phi) is 3.40. The summed E-state index contributed by atoms with van der Waals surface area (Å²) in [5.41, 5.74) is 0. The van der Waals surface area contributed by atoms with Gasteiger partial charge in [-0.2, -0.15) is 0 Å². The van der Waals surface area contributed by atoms with Gasteiger partial charge in [0.25, 0.3) is 0 Å². The molecule has 0 bridgehead atoms. The highest BCUT2D eigenvalue weighted by molar-refractivity contribution is 5.79. The normalized spacial score (nSPS) is 33.6. The summed E-state index contributed by atoms with van der Waals surface area (Å²) in [4.78, 5) is 4.51. The molecule has 1 saturated heterocycles. The zero-order valence-corrected chi connectivity index (χ0v) is 8.87. The molecule has 1 fully saturated rings. The quantitative estimate of drug-likeness (QED) is 0.642. The minimum absolute atomic E-state index is 0.519. The maximum atomic E-state index is 5.43. The molecule has 0 spiro atoms. The van der Waals surface area contributed by atoms with Gasteiger partial charge in [-0.3, -0.25) is 4.99 Å². The molecule has 0 aromatic rings. The van der Waals surface area contributed by atoms with E-state index >= 15 is 0 Å². The number of hydrogen-bond donors (Lipinski definition) is 0. The topological polar surface area (TPSA) is 30.8 Å². The van der Waals surface area contributed by atoms with Crippen molar-refractivity contribution in [2.24, 2.45) is 16.8 Å². The van der Waals surface area contributed by atoms with Crippen molar-refractivity contribution in [2.75, 3.05) is 26.9 Å². The van der Waals surface area contributed by atoms with E-state index in [9.17, 15) is 0 Å². The van der Waals surface area contributed by atoms with Gasteiger partial charge in [0.2, 0.25) is 0 Å². The van der Waals surface area contributed by atoms with Crippen LogP contribution in [0, 0.1) is 11.8 Å². The summed E-state index contributed by atoms with van der Waals surface area (Å²) in [6, 6.07) is 0. The molecule has 0 aromatic carbocycles. The lowest BCUT2D eigenvalue weighted by molar-refractivity contribution is 0.174. The van der Waals surface area contributed by atoms with E-state index in [0.29, 0.717) is 11.8 Å². The third-order valence-electron chi connectivity index (χ3n) is 3.25. The van der Waals surface area contributed by atoms with Crippen LogP contribution < -0.4 is 0 Å². The van der Waals surface area contributed by atoms with Crippen LogP contribution in [0.1, 0.15) is 25.7 Å². The molecule has 0 saturated carbocycles. The number of nitrogens with zero attached hydrogens (tertiary/aromatic N) is 1. The summed E-state index contributed by atoms with van der Waals surface area (Å²) < 4.78 is 10.8. The first kappa shape index (κ1) is 9.97. The summed E-state index contributed by atoms with van der Waals surface area (Å²) in [6.45, 7) is 2.75. The molecule has 0 radical (unpaired) electrons. The first-order valence-corrected chi connectivity index (χ1v) is 5.58. The van der Waals surface area contributed by atoms with E-state index in [1.165, 1.54) is 25.7 Å². The SMILES string of the molecule is COC1=NCCCCC1C1CCOC1. The van der Waals surface area contributed by atoms with Gasteiger partial charge in [-0.25, -0.2) is 0 Å². The van der Waals surface area contributed by atoms with E-state index in [2.05, 4.69) is 4.99 Å². The van der Waals surface area contributed by atoms with Crippen LogP contribution in [0.4, 0.5) is 0 Å². The van der Waals surface area contributed by atoms with Crippen molar-refractivity contribution in [3.63, 3.8) is 0 Å². The lowest BCUT2D eigenvalue weighted by atomic mass is 9.87. The van der Waals surface area contributed by atoms with Crippen molar-refractivity contribution < 1.29 is 9.47 Å². The van der Waals surface area contributed by atoms with Gasteiger partial charge in [0.15, 0.2) is 5.90 Å². The van der Waals surface area contributed by atoms with Gasteiger partial charge in [0.05, 0.1) is 13.7 Å². The van der Waals surface area contributed by atoms with Crippen LogP contribution in [0.25, 0.3) is 0 Å². The minimum atomic E-state index is 0.519. The standard InChI is InChI=1S/C11H19NO2/c1-13-11-10(4-2-3-6-12-11)9-5-7-14-8-9/h9-10H,2-8H2,1H3. The van der Waals surface area contributed by atoms with Crippen molar-refractivity contribution in [2.45, 2.75) is 25.7 Å². The molecule has 80 valence electrons. The van der Waals surface area contributed by atoms with Crippen LogP contribution in [0.2, 0.25) is 0 Å². The summed E-state index contributed by atoms with van der Waals surface area (Å²) in [5.74, 6) is 2.13. The number of rotatable bonds is 1. The van der Waals surface area contributed by atoms with Gasteiger partial charge in [-0.1, -0.05) is 6.42 Å². The molecule has 2 aliphatic heterocycles. The molecule has 14 heavy (non-hydrogen) atoms. The van der Waals surface area contributed by atoms with Crippen LogP contribution in [0.3, 0.4) is 0 Å². The number of ether oxygens (including phenoxy) is 2. The largest absolute Gasteiger partial charge is 0.484 e. The Hall–Kier alpha value is -0.570. The Morgan fingerprint density at radius 3 is 3.00 bits per heavy atom. The van der Waals surface area contributed by atoms with E-state index in [4.69, 9.17) is 9.47 Å². The predicted octanol–water partition coefficient (Wildman–Crippen LogP) is 1.87. The zero-order valence-electron chi connectivity index (χ0n) is 8.87.